The topological polar surface area (TPSA) is 58.6 Å². The van der Waals surface area contributed by atoms with Crippen molar-refractivity contribution in [2.24, 2.45) is 16.2 Å². The average molecular weight is 356 g/mol. The van der Waals surface area contributed by atoms with Crippen LogP contribution in [0.5, 0.6) is 0 Å². The van der Waals surface area contributed by atoms with E-state index >= 15 is 0 Å². The Morgan fingerprint density at radius 1 is 1.12 bits per heavy atom. The molecule has 1 heterocycles. The lowest BCUT2D eigenvalue weighted by molar-refractivity contribution is -0.131. The molecule has 140 valence electrons. The maximum Gasteiger partial charge on any atom is 0.231 e. The molecule has 0 aromatic heterocycles. The van der Waals surface area contributed by atoms with Gasteiger partial charge in [-0.2, -0.15) is 0 Å². The molecule has 1 saturated heterocycles. The molecule has 0 spiro atoms. The van der Waals surface area contributed by atoms with E-state index in [0.29, 0.717) is 19.6 Å². The van der Waals surface area contributed by atoms with Gasteiger partial charge >= 0.3 is 0 Å². The van der Waals surface area contributed by atoms with Crippen LogP contribution in [0.2, 0.25) is 0 Å². The fourth-order valence-corrected chi connectivity index (χ4v) is 5.26. The third-order valence-electron chi connectivity index (χ3n) is 7.64. The molecule has 2 aliphatic carbocycles. The second-order valence-electron chi connectivity index (χ2n) is 8.71. The predicted molar refractivity (Wildman–Crippen MR) is 101 cm³/mol. The smallest absolute Gasteiger partial charge is 0.231 e. The Balaban J connectivity index is 1.63. The summed E-state index contributed by atoms with van der Waals surface area (Å²) < 4.78 is 5.45. The van der Waals surface area contributed by atoms with Crippen LogP contribution < -0.4 is 10.2 Å². The molecular formula is C21H28N2O3. The van der Waals surface area contributed by atoms with E-state index in [1.54, 1.807) is 0 Å². The van der Waals surface area contributed by atoms with Crippen molar-refractivity contribution in [3.8, 4) is 0 Å². The maximum atomic E-state index is 13.4. The summed E-state index contributed by atoms with van der Waals surface area (Å²) in [5.74, 6) is 0.239. The molecule has 26 heavy (non-hydrogen) atoms. The Hall–Kier alpha value is -1.88. The Morgan fingerprint density at radius 3 is 2.42 bits per heavy atom. The molecule has 2 bridgehead atoms. The largest absolute Gasteiger partial charge is 0.378 e. The number of fused-ring (bicyclic) bond motifs is 2. The lowest BCUT2D eigenvalue weighted by Gasteiger charge is -2.39. The van der Waals surface area contributed by atoms with Crippen LogP contribution in [0.4, 0.5) is 11.4 Å². The van der Waals surface area contributed by atoms with Crippen LogP contribution in [0.25, 0.3) is 0 Å². The third-order valence-corrected chi connectivity index (χ3v) is 7.64. The first-order valence-corrected chi connectivity index (χ1v) is 9.58. The fraction of sp³-hybridized carbons (Fsp3) is 0.619. The Labute approximate surface area is 155 Å². The van der Waals surface area contributed by atoms with E-state index in [0.717, 1.165) is 37.3 Å². The second-order valence-corrected chi connectivity index (χ2v) is 8.71. The van der Waals surface area contributed by atoms with Crippen molar-refractivity contribution < 1.29 is 14.3 Å². The van der Waals surface area contributed by atoms with E-state index in [4.69, 9.17) is 4.74 Å². The lowest BCUT2D eigenvalue weighted by Crippen LogP contribution is -2.44. The molecule has 1 aromatic carbocycles. The van der Waals surface area contributed by atoms with Crippen molar-refractivity contribution in [1.82, 2.24) is 0 Å². The summed E-state index contributed by atoms with van der Waals surface area (Å²) in [6.45, 7) is 9.27. The maximum absolute atomic E-state index is 13.4. The van der Waals surface area contributed by atoms with Gasteiger partial charge in [-0.05, 0) is 30.4 Å². The van der Waals surface area contributed by atoms with Crippen molar-refractivity contribution in [2.45, 2.75) is 40.0 Å². The van der Waals surface area contributed by atoms with E-state index in [9.17, 15) is 9.59 Å². The van der Waals surface area contributed by atoms with E-state index in [-0.39, 0.29) is 22.5 Å². The third kappa shape index (κ3) is 2.19. The van der Waals surface area contributed by atoms with Gasteiger partial charge in [0.05, 0.1) is 30.0 Å². The number of hydrogen-bond donors (Lipinski definition) is 1. The van der Waals surface area contributed by atoms with Crippen LogP contribution in [0.1, 0.15) is 40.0 Å². The second kappa shape index (κ2) is 5.81. The number of anilines is 2. The lowest BCUT2D eigenvalue weighted by atomic mass is 9.64. The van der Waals surface area contributed by atoms with Crippen LogP contribution in [-0.2, 0) is 14.3 Å². The number of ketones is 1. The van der Waals surface area contributed by atoms with Gasteiger partial charge in [0.15, 0.2) is 0 Å². The number of carbonyl (C=O) groups is 2. The summed E-state index contributed by atoms with van der Waals surface area (Å²) in [4.78, 5) is 28.3. The molecule has 3 aliphatic rings. The Morgan fingerprint density at radius 2 is 1.81 bits per heavy atom. The van der Waals surface area contributed by atoms with Crippen LogP contribution in [-0.4, -0.2) is 38.0 Å². The van der Waals surface area contributed by atoms with Gasteiger partial charge in [0.2, 0.25) is 5.91 Å². The molecule has 0 radical (unpaired) electrons. The van der Waals surface area contributed by atoms with E-state index in [1.807, 2.05) is 31.2 Å². The number of morpholine rings is 1. The zero-order chi connectivity index (χ0) is 18.6. The van der Waals surface area contributed by atoms with Gasteiger partial charge in [-0.3, -0.25) is 9.59 Å². The summed E-state index contributed by atoms with van der Waals surface area (Å²) in [6, 6.07) is 7.94. The quantitative estimate of drug-likeness (QED) is 0.903. The summed E-state index contributed by atoms with van der Waals surface area (Å²) >= 11 is 0. The molecule has 0 unspecified atom stereocenters. The van der Waals surface area contributed by atoms with Crippen molar-refractivity contribution in [2.75, 3.05) is 36.5 Å². The predicted octanol–water partition coefficient (Wildman–Crippen LogP) is 3.25. The zero-order valence-electron chi connectivity index (χ0n) is 15.9. The minimum atomic E-state index is -0.600. The van der Waals surface area contributed by atoms with Crippen LogP contribution in [0, 0.1) is 16.2 Å². The van der Waals surface area contributed by atoms with Crippen molar-refractivity contribution >= 4 is 23.1 Å². The number of benzene rings is 1. The average Bonchev–Trinajstić information content (AvgIpc) is 2.93. The summed E-state index contributed by atoms with van der Waals surface area (Å²) in [7, 11) is 0. The van der Waals surface area contributed by atoms with E-state index in [1.165, 1.54) is 0 Å². The first kappa shape index (κ1) is 17.5. The van der Waals surface area contributed by atoms with Crippen LogP contribution >= 0.6 is 0 Å². The normalized spacial score (nSPS) is 32.7. The van der Waals surface area contributed by atoms with Gasteiger partial charge in [-0.15, -0.1) is 0 Å². The molecular weight excluding hydrogens is 328 g/mol. The molecule has 1 N–H and O–H groups in total. The Kier molecular flexibility index (Phi) is 3.92. The number of nitrogens with one attached hydrogen (secondary N) is 1. The highest BCUT2D eigenvalue weighted by atomic mass is 16.5. The molecule has 5 heteroatoms. The van der Waals surface area contributed by atoms with Gasteiger partial charge in [0.25, 0.3) is 0 Å². The van der Waals surface area contributed by atoms with Crippen LogP contribution in [0.3, 0.4) is 0 Å². The number of carbonyl (C=O) groups excluding carboxylic acids is 2. The van der Waals surface area contributed by atoms with Gasteiger partial charge in [0, 0.05) is 24.9 Å². The highest BCUT2D eigenvalue weighted by molar-refractivity contribution is 6.05. The van der Waals surface area contributed by atoms with Crippen molar-refractivity contribution in [3.05, 3.63) is 24.3 Å². The monoisotopic (exact) mass is 356 g/mol. The standard InChI is InChI=1S/C21H28N2O3/c1-19(2)20(3)8-9-21(19,14-17(20)24)18(25)22-15-6-4-5-7-16(15)23-10-12-26-13-11-23/h4-7H,8-14H2,1-3H3,(H,22,25)/t20-,21-/m1/s1. The number of rotatable bonds is 3. The first-order valence-electron chi connectivity index (χ1n) is 9.58. The minimum Gasteiger partial charge on any atom is -0.378 e. The number of ether oxygens (including phenoxy) is 1. The molecule has 3 fully saturated rings. The molecule has 2 saturated carbocycles. The number of Topliss-reactive ketones (excluding diaryl/α,β-unsaturated/α-hetero) is 1. The van der Waals surface area contributed by atoms with Crippen molar-refractivity contribution in [3.63, 3.8) is 0 Å². The molecule has 1 amide bonds. The minimum absolute atomic E-state index is 0.00205. The number of nitrogens with zero attached hydrogens (tertiary/aromatic N) is 1. The SMILES string of the molecule is CC1(C)[C@]2(C(=O)Nc3ccccc3N3CCOCC3)CC[C@]1(C)C(=O)C2. The Bertz CT molecular complexity index is 753. The van der Waals surface area contributed by atoms with E-state index in [2.05, 4.69) is 24.1 Å². The summed E-state index contributed by atoms with van der Waals surface area (Å²) in [5, 5.41) is 3.19. The molecule has 5 nitrogen and oxygen atoms in total. The van der Waals surface area contributed by atoms with Gasteiger partial charge < -0.3 is 15.0 Å². The van der Waals surface area contributed by atoms with E-state index < -0.39 is 5.41 Å². The molecule has 4 rings (SSSR count). The molecule has 2 atom stereocenters. The fourth-order valence-electron chi connectivity index (χ4n) is 5.26. The van der Waals surface area contributed by atoms with Crippen molar-refractivity contribution in [1.29, 1.82) is 0 Å². The summed E-state index contributed by atoms with van der Waals surface area (Å²) in [6.07, 6.45) is 1.95. The van der Waals surface area contributed by atoms with Gasteiger partial charge in [0.1, 0.15) is 5.78 Å². The zero-order valence-corrected chi connectivity index (χ0v) is 15.9. The van der Waals surface area contributed by atoms with Gasteiger partial charge in [-0.1, -0.05) is 32.9 Å². The summed E-state index contributed by atoms with van der Waals surface area (Å²) in [5.41, 5.74) is 0.557. The number of hydrogen-bond acceptors (Lipinski definition) is 4. The molecule has 1 aromatic rings. The van der Waals surface area contributed by atoms with Crippen LogP contribution in [0.15, 0.2) is 24.3 Å². The molecule has 1 aliphatic heterocycles. The highest BCUT2D eigenvalue weighted by Crippen LogP contribution is 2.70. The first-order chi connectivity index (χ1) is 12.3. The van der Waals surface area contributed by atoms with Gasteiger partial charge in [-0.25, -0.2) is 0 Å². The highest BCUT2D eigenvalue weighted by Gasteiger charge is 2.72. The number of para-hydroxylation sites is 2. The number of amides is 1.